The van der Waals surface area contributed by atoms with Gasteiger partial charge >= 0.3 is 0 Å². The number of carbonyl (C=O) groups excluding carboxylic acids is 3. The van der Waals surface area contributed by atoms with Crippen molar-refractivity contribution in [1.29, 1.82) is 0 Å². The fourth-order valence-electron chi connectivity index (χ4n) is 2.49. The highest BCUT2D eigenvalue weighted by atomic mass is 35.5. The molecule has 150 valence electrons. The van der Waals surface area contributed by atoms with Gasteiger partial charge < -0.3 is 15.2 Å². The Morgan fingerprint density at radius 3 is 2.59 bits per heavy atom. The number of hydrogen-bond donors (Lipinski definition) is 1. The molecular weight excluding hydrogens is 416 g/mol. The van der Waals surface area contributed by atoms with Gasteiger partial charge in [-0.3, -0.25) is 19.3 Å². The number of benzene rings is 2. The summed E-state index contributed by atoms with van der Waals surface area (Å²) in [7, 11) is 0. The van der Waals surface area contributed by atoms with Gasteiger partial charge in [-0.05, 0) is 47.7 Å². The number of carbonyl (C=O) groups is 3. The molecule has 29 heavy (non-hydrogen) atoms. The Kier molecular flexibility index (Phi) is 6.79. The number of primary amides is 1. The molecule has 1 aliphatic rings. The van der Waals surface area contributed by atoms with Crippen molar-refractivity contribution in [2.24, 2.45) is 5.73 Å². The van der Waals surface area contributed by atoms with Crippen LogP contribution in [0.3, 0.4) is 0 Å². The summed E-state index contributed by atoms with van der Waals surface area (Å²) in [6.07, 6.45) is 1.58. The molecule has 0 spiro atoms. The molecule has 0 aliphatic carbocycles. The number of para-hydroxylation sites is 1. The first-order valence-corrected chi connectivity index (χ1v) is 9.77. The molecule has 2 aromatic rings. The molecule has 0 saturated carbocycles. The molecule has 0 bridgehead atoms. The van der Waals surface area contributed by atoms with Gasteiger partial charge in [0.25, 0.3) is 17.1 Å². The summed E-state index contributed by atoms with van der Waals surface area (Å²) in [6, 6.07) is 14.0. The van der Waals surface area contributed by atoms with Crippen molar-refractivity contribution in [2.45, 2.75) is 0 Å². The van der Waals surface area contributed by atoms with Gasteiger partial charge in [-0.15, -0.1) is 0 Å². The summed E-state index contributed by atoms with van der Waals surface area (Å²) in [5.74, 6) is -0.0334. The van der Waals surface area contributed by atoms with Crippen LogP contribution in [0.25, 0.3) is 6.08 Å². The quantitative estimate of drug-likeness (QED) is 0.642. The first-order chi connectivity index (χ1) is 13.9. The largest absolute Gasteiger partial charge is 0.492 e. The van der Waals surface area contributed by atoms with Crippen LogP contribution in [-0.4, -0.2) is 41.7 Å². The fourth-order valence-corrected chi connectivity index (χ4v) is 3.60. The highest BCUT2D eigenvalue weighted by Crippen LogP contribution is 2.33. The Bertz CT molecular complexity index is 965. The van der Waals surface area contributed by atoms with Gasteiger partial charge in [0.15, 0.2) is 6.61 Å². The number of amides is 3. The van der Waals surface area contributed by atoms with Crippen molar-refractivity contribution in [3.8, 4) is 11.5 Å². The summed E-state index contributed by atoms with van der Waals surface area (Å²) in [5.41, 5.74) is 5.65. The van der Waals surface area contributed by atoms with Crippen molar-refractivity contribution in [1.82, 2.24) is 4.90 Å². The first-order valence-electron chi connectivity index (χ1n) is 8.58. The average Bonchev–Trinajstić information content (AvgIpc) is 2.95. The molecule has 1 aliphatic heterocycles. The number of rotatable bonds is 8. The van der Waals surface area contributed by atoms with Gasteiger partial charge in [0.1, 0.15) is 18.1 Å². The molecule has 0 radical (unpaired) electrons. The van der Waals surface area contributed by atoms with E-state index in [9.17, 15) is 14.4 Å². The van der Waals surface area contributed by atoms with Crippen LogP contribution in [0.5, 0.6) is 11.5 Å². The highest BCUT2D eigenvalue weighted by molar-refractivity contribution is 8.18. The minimum absolute atomic E-state index is 0.150. The Labute approximate surface area is 176 Å². The van der Waals surface area contributed by atoms with Crippen LogP contribution in [0.15, 0.2) is 53.4 Å². The van der Waals surface area contributed by atoms with Crippen molar-refractivity contribution in [2.75, 3.05) is 19.8 Å². The second-order valence-electron chi connectivity index (χ2n) is 5.94. The third-order valence-electron chi connectivity index (χ3n) is 3.82. The predicted molar refractivity (Wildman–Crippen MR) is 111 cm³/mol. The van der Waals surface area contributed by atoms with Crippen molar-refractivity contribution < 1.29 is 23.9 Å². The van der Waals surface area contributed by atoms with Gasteiger partial charge in [0, 0.05) is 0 Å². The number of hydrogen-bond acceptors (Lipinski definition) is 6. The summed E-state index contributed by atoms with van der Waals surface area (Å²) < 4.78 is 10.7. The molecule has 1 heterocycles. The summed E-state index contributed by atoms with van der Waals surface area (Å²) in [6.45, 7) is 0.0631. The van der Waals surface area contributed by atoms with E-state index in [1.54, 1.807) is 36.4 Å². The van der Waals surface area contributed by atoms with Crippen LogP contribution in [-0.2, 0) is 9.59 Å². The van der Waals surface area contributed by atoms with E-state index < -0.39 is 5.91 Å². The van der Waals surface area contributed by atoms with Crippen LogP contribution >= 0.6 is 23.4 Å². The summed E-state index contributed by atoms with van der Waals surface area (Å²) >= 11 is 6.98. The molecule has 3 amide bonds. The first kappa shape index (κ1) is 20.8. The molecule has 2 N–H and O–H groups in total. The molecule has 3 rings (SSSR count). The fraction of sp³-hybridized carbons (Fsp3) is 0.150. The van der Waals surface area contributed by atoms with Crippen molar-refractivity contribution >= 4 is 46.5 Å². The molecule has 7 nitrogen and oxygen atoms in total. The van der Waals surface area contributed by atoms with Crippen molar-refractivity contribution in [3.05, 3.63) is 64.0 Å². The van der Waals surface area contributed by atoms with Gasteiger partial charge in [0.2, 0.25) is 0 Å². The number of ether oxygens (including phenoxy) is 2. The molecule has 0 aromatic heterocycles. The topological polar surface area (TPSA) is 98.9 Å². The number of halogens is 1. The maximum absolute atomic E-state index is 12.5. The molecule has 9 heteroatoms. The lowest BCUT2D eigenvalue weighted by molar-refractivity contribution is -0.123. The zero-order valence-corrected chi connectivity index (χ0v) is 16.7. The molecule has 0 atom stereocenters. The van der Waals surface area contributed by atoms with Gasteiger partial charge in [-0.1, -0.05) is 35.9 Å². The third kappa shape index (κ3) is 5.52. The standard InChI is InChI=1S/C20H17ClN2O5S/c21-15-10-13(6-7-16(15)28-12-18(22)24)11-17-19(25)23(20(26)29-17)8-9-27-14-4-2-1-3-5-14/h1-7,10-11H,8-9,12H2,(H2,22,24)/b17-11-. The molecule has 0 unspecified atom stereocenters. The predicted octanol–water partition coefficient (Wildman–Crippen LogP) is 3.32. The Balaban J connectivity index is 1.63. The van der Waals surface area contributed by atoms with Gasteiger partial charge in [-0.2, -0.15) is 0 Å². The van der Waals surface area contributed by atoms with Crippen LogP contribution in [0.4, 0.5) is 4.79 Å². The molecule has 2 aromatic carbocycles. The van der Waals surface area contributed by atoms with Gasteiger partial charge in [-0.25, -0.2) is 0 Å². The van der Waals surface area contributed by atoms with E-state index >= 15 is 0 Å². The number of imide groups is 1. The van der Waals surface area contributed by atoms with E-state index in [4.69, 9.17) is 26.8 Å². The summed E-state index contributed by atoms with van der Waals surface area (Å²) in [4.78, 5) is 36.9. The maximum Gasteiger partial charge on any atom is 0.293 e. The Morgan fingerprint density at radius 1 is 1.14 bits per heavy atom. The minimum atomic E-state index is -0.616. The summed E-state index contributed by atoms with van der Waals surface area (Å²) in [5, 5.41) is -0.0964. The van der Waals surface area contributed by atoms with E-state index in [2.05, 4.69) is 0 Å². The number of nitrogens with two attached hydrogens (primary N) is 1. The van der Waals surface area contributed by atoms with Crippen LogP contribution < -0.4 is 15.2 Å². The van der Waals surface area contributed by atoms with Gasteiger partial charge in [0.05, 0.1) is 16.5 Å². The minimum Gasteiger partial charge on any atom is -0.492 e. The lowest BCUT2D eigenvalue weighted by Crippen LogP contribution is -2.32. The van der Waals surface area contributed by atoms with E-state index in [1.807, 2.05) is 18.2 Å². The monoisotopic (exact) mass is 432 g/mol. The number of thioether (sulfide) groups is 1. The normalized spacial score (nSPS) is 15.1. The number of nitrogens with zero attached hydrogens (tertiary/aromatic N) is 1. The van der Waals surface area contributed by atoms with Crippen LogP contribution in [0.2, 0.25) is 5.02 Å². The smallest absolute Gasteiger partial charge is 0.293 e. The van der Waals surface area contributed by atoms with Crippen LogP contribution in [0.1, 0.15) is 5.56 Å². The van der Waals surface area contributed by atoms with Crippen molar-refractivity contribution in [3.63, 3.8) is 0 Å². The molecule has 1 fully saturated rings. The second kappa shape index (κ2) is 9.49. The second-order valence-corrected chi connectivity index (χ2v) is 7.34. The third-order valence-corrected chi connectivity index (χ3v) is 5.03. The molecule has 1 saturated heterocycles. The Hall–Kier alpha value is -2.97. The van der Waals surface area contributed by atoms with E-state index in [-0.39, 0.29) is 40.8 Å². The zero-order valence-electron chi connectivity index (χ0n) is 15.2. The SMILES string of the molecule is NC(=O)COc1ccc(/C=C2\SC(=O)N(CCOc3ccccc3)C2=O)cc1Cl. The van der Waals surface area contributed by atoms with E-state index in [0.717, 1.165) is 16.7 Å². The molecular formula is C20H17ClN2O5S. The Morgan fingerprint density at radius 2 is 1.90 bits per heavy atom. The lowest BCUT2D eigenvalue weighted by Gasteiger charge is -2.13. The van der Waals surface area contributed by atoms with E-state index in [0.29, 0.717) is 17.1 Å². The zero-order chi connectivity index (χ0) is 20.8. The maximum atomic E-state index is 12.5. The highest BCUT2D eigenvalue weighted by Gasteiger charge is 2.34. The van der Waals surface area contributed by atoms with E-state index in [1.165, 1.54) is 0 Å². The average molecular weight is 433 g/mol. The lowest BCUT2D eigenvalue weighted by atomic mass is 10.2. The van der Waals surface area contributed by atoms with Crippen LogP contribution in [0, 0.1) is 0 Å².